The van der Waals surface area contributed by atoms with E-state index in [1.54, 1.807) is 25.1 Å². The number of carbonyl (C=O) groups excluding carboxylic acids is 1. The maximum atomic E-state index is 12.2. The van der Waals surface area contributed by atoms with Crippen molar-refractivity contribution in [2.24, 2.45) is 0 Å². The van der Waals surface area contributed by atoms with Gasteiger partial charge in [-0.05, 0) is 50.1 Å². The first-order chi connectivity index (χ1) is 9.38. The summed E-state index contributed by atoms with van der Waals surface area (Å²) in [6, 6.07) is 5.14. The van der Waals surface area contributed by atoms with Crippen LogP contribution < -0.4 is 10.9 Å². The van der Waals surface area contributed by atoms with E-state index in [4.69, 9.17) is 11.6 Å². The highest BCUT2D eigenvalue weighted by Gasteiger charge is 2.12. The van der Waals surface area contributed by atoms with Crippen molar-refractivity contribution in [3.05, 3.63) is 62.0 Å². The van der Waals surface area contributed by atoms with Crippen LogP contribution in [0.1, 0.15) is 27.0 Å². The van der Waals surface area contributed by atoms with Gasteiger partial charge in [-0.1, -0.05) is 11.6 Å². The van der Waals surface area contributed by atoms with Crippen molar-refractivity contribution in [1.82, 2.24) is 4.98 Å². The highest BCUT2D eigenvalue weighted by atomic mass is 35.5. The van der Waals surface area contributed by atoms with Gasteiger partial charge in [-0.3, -0.25) is 9.59 Å². The summed E-state index contributed by atoms with van der Waals surface area (Å²) < 4.78 is 0. The van der Waals surface area contributed by atoms with E-state index in [9.17, 15) is 9.59 Å². The molecule has 1 aromatic heterocycles. The predicted molar refractivity (Wildman–Crippen MR) is 80.7 cm³/mol. The molecule has 2 aromatic rings. The van der Waals surface area contributed by atoms with E-state index in [0.29, 0.717) is 21.8 Å². The molecule has 0 saturated heterocycles. The van der Waals surface area contributed by atoms with Crippen molar-refractivity contribution >= 4 is 23.2 Å². The van der Waals surface area contributed by atoms with Gasteiger partial charge in [0.25, 0.3) is 11.5 Å². The number of anilines is 1. The van der Waals surface area contributed by atoms with Gasteiger partial charge in [0.15, 0.2) is 0 Å². The number of rotatable bonds is 2. The van der Waals surface area contributed by atoms with Gasteiger partial charge < -0.3 is 10.3 Å². The van der Waals surface area contributed by atoms with Crippen LogP contribution in [-0.4, -0.2) is 10.9 Å². The lowest BCUT2D eigenvalue weighted by molar-refractivity contribution is 0.102. The number of hydrogen-bond acceptors (Lipinski definition) is 2. The van der Waals surface area contributed by atoms with E-state index in [2.05, 4.69) is 10.3 Å². The molecule has 1 heterocycles. The Bertz CT molecular complexity index is 735. The van der Waals surface area contributed by atoms with Crippen LogP contribution in [0.15, 0.2) is 29.2 Å². The number of carbonyl (C=O) groups is 1. The molecule has 0 bridgehead atoms. The molecule has 0 saturated carbocycles. The zero-order valence-electron chi connectivity index (χ0n) is 11.5. The van der Waals surface area contributed by atoms with Crippen LogP contribution in [0.25, 0.3) is 0 Å². The molecule has 1 amide bonds. The quantitative estimate of drug-likeness (QED) is 0.892. The van der Waals surface area contributed by atoms with Gasteiger partial charge in [-0.15, -0.1) is 0 Å². The lowest BCUT2D eigenvalue weighted by Crippen LogP contribution is -2.16. The summed E-state index contributed by atoms with van der Waals surface area (Å²) in [5.74, 6) is -0.301. The summed E-state index contributed by atoms with van der Waals surface area (Å²) in [4.78, 5) is 26.0. The molecule has 0 aliphatic heterocycles. The van der Waals surface area contributed by atoms with Gasteiger partial charge in [-0.25, -0.2) is 0 Å². The Morgan fingerprint density at radius 1 is 1.10 bits per heavy atom. The van der Waals surface area contributed by atoms with Crippen molar-refractivity contribution < 1.29 is 4.79 Å². The zero-order valence-corrected chi connectivity index (χ0v) is 12.3. The summed E-state index contributed by atoms with van der Waals surface area (Å²) in [6.07, 6.45) is 1.46. The minimum Gasteiger partial charge on any atom is -0.327 e. The van der Waals surface area contributed by atoms with E-state index in [-0.39, 0.29) is 11.5 Å². The van der Waals surface area contributed by atoms with Crippen LogP contribution in [0, 0.1) is 20.8 Å². The minimum absolute atomic E-state index is 0.174. The number of aromatic amines is 1. The molecule has 2 rings (SSSR count). The first kappa shape index (κ1) is 14.3. The fraction of sp³-hybridized carbons (Fsp3) is 0.200. The van der Waals surface area contributed by atoms with Gasteiger partial charge in [0.2, 0.25) is 0 Å². The topological polar surface area (TPSA) is 62.0 Å². The van der Waals surface area contributed by atoms with Crippen LogP contribution in [0.2, 0.25) is 5.02 Å². The smallest absolute Gasteiger partial charge is 0.257 e. The highest BCUT2D eigenvalue weighted by molar-refractivity contribution is 6.34. The van der Waals surface area contributed by atoms with Crippen molar-refractivity contribution in [3.8, 4) is 0 Å². The number of hydrogen-bond donors (Lipinski definition) is 2. The number of halogens is 1. The summed E-state index contributed by atoms with van der Waals surface area (Å²) in [5.41, 5.74) is 3.34. The summed E-state index contributed by atoms with van der Waals surface area (Å²) in [6.45, 7) is 5.54. The van der Waals surface area contributed by atoms with Crippen molar-refractivity contribution in [2.45, 2.75) is 20.8 Å². The number of aromatic nitrogens is 1. The molecular weight excluding hydrogens is 276 g/mol. The largest absolute Gasteiger partial charge is 0.327 e. The van der Waals surface area contributed by atoms with Crippen molar-refractivity contribution in [2.75, 3.05) is 5.32 Å². The van der Waals surface area contributed by atoms with E-state index in [1.807, 2.05) is 13.8 Å². The fourth-order valence-electron chi connectivity index (χ4n) is 1.82. The number of pyridine rings is 1. The van der Waals surface area contributed by atoms with Crippen LogP contribution in [0.4, 0.5) is 5.69 Å². The maximum absolute atomic E-state index is 12.2. The average Bonchev–Trinajstić information content (AvgIpc) is 2.38. The standard InChI is InChI=1S/C15H15ClN2O2/c1-8-5-12(13(16)6-9(8)2)15(20)18-11-4-10(3)14(19)17-7-11/h4-7H,1-3H3,(H,17,19)(H,18,20). The van der Waals surface area contributed by atoms with Crippen molar-refractivity contribution in [3.63, 3.8) is 0 Å². The summed E-state index contributed by atoms with van der Waals surface area (Å²) in [7, 11) is 0. The number of benzene rings is 1. The van der Waals surface area contributed by atoms with Gasteiger partial charge in [0.05, 0.1) is 16.3 Å². The van der Waals surface area contributed by atoms with Gasteiger partial charge >= 0.3 is 0 Å². The Labute approximate surface area is 121 Å². The number of aryl methyl sites for hydroxylation is 3. The second kappa shape index (κ2) is 5.51. The Morgan fingerprint density at radius 2 is 1.75 bits per heavy atom. The Balaban J connectivity index is 2.30. The van der Waals surface area contributed by atoms with Gasteiger partial charge in [0, 0.05) is 11.8 Å². The lowest BCUT2D eigenvalue weighted by Gasteiger charge is -2.09. The normalized spacial score (nSPS) is 10.4. The third-order valence-corrected chi connectivity index (χ3v) is 3.49. The molecule has 104 valence electrons. The molecule has 0 spiro atoms. The molecule has 0 fully saturated rings. The SMILES string of the molecule is Cc1cc(Cl)c(C(=O)Nc2c[nH]c(=O)c(C)c2)cc1C. The van der Waals surface area contributed by atoms with Crippen LogP contribution in [-0.2, 0) is 0 Å². The zero-order chi connectivity index (χ0) is 14.9. The summed E-state index contributed by atoms with van der Waals surface area (Å²) >= 11 is 6.10. The minimum atomic E-state index is -0.301. The molecule has 2 N–H and O–H groups in total. The Hall–Kier alpha value is -2.07. The van der Waals surface area contributed by atoms with E-state index >= 15 is 0 Å². The monoisotopic (exact) mass is 290 g/mol. The van der Waals surface area contributed by atoms with E-state index in [0.717, 1.165) is 11.1 Å². The first-order valence-electron chi connectivity index (χ1n) is 6.16. The molecule has 1 aromatic carbocycles. The average molecular weight is 291 g/mol. The van der Waals surface area contributed by atoms with E-state index < -0.39 is 0 Å². The van der Waals surface area contributed by atoms with E-state index in [1.165, 1.54) is 6.20 Å². The number of H-pyrrole nitrogens is 1. The summed E-state index contributed by atoms with van der Waals surface area (Å²) in [5, 5.41) is 3.13. The second-order valence-electron chi connectivity index (χ2n) is 4.77. The number of amides is 1. The molecule has 5 heteroatoms. The first-order valence-corrected chi connectivity index (χ1v) is 6.53. The second-order valence-corrected chi connectivity index (χ2v) is 5.18. The third-order valence-electron chi connectivity index (χ3n) is 3.17. The predicted octanol–water partition coefficient (Wildman–Crippen LogP) is 3.21. The molecule has 20 heavy (non-hydrogen) atoms. The molecule has 0 aliphatic rings. The van der Waals surface area contributed by atoms with Gasteiger partial charge in [0.1, 0.15) is 0 Å². The molecule has 4 nitrogen and oxygen atoms in total. The molecule has 0 atom stereocenters. The lowest BCUT2D eigenvalue weighted by atomic mass is 10.1. The van der Waals surface area contributed by atoms with Crippen LogP contribution in [0.5, 0.6) is 0 Å². The van der Waals surface area contributed by atoms with Gasteiger partial charge in [-0.2, -0.15) is 0 Å². The third kappa shape index (κ3) is 2.91. The van der Waals surface area contributed by atoms with Crippen LogP contribution in [0.3, 0.4) is 0 Å². The molecular formula is C15H15ClN2O2. The molecule has 0 unspecified atom stereocenters. The Morgan fingerprint density at radius 3 is 2.40 bits per heavy atom. The number of nitrogens with one attached hydrogen (secondary N) is 2. The molecule has 0 aliphatic carbocycles. The maximum Gasteiger partial charge on any atom is 0.257 e. The fourth-order valence-corrected chi connectivity index (χ4v) is 2.13. The van der Waals surface area contributed by atoms with Crippen molar-refractivity contribution in [1.29, 1.82) is 0 Å². The molecule has 0 radical (unpaired) electrons. The Kier molecular flexibility index (Phi) is 3.95. The highest BCUT2D eigenvalue weighted by Crippen LogP contribution is 2.22. The van der Waals surface area contributed by atoms with Crippen LogP contribution >= 0.6 is 11.6 Å².